The second-order valence-corrected chi connectivity index (χ2v) is 5.87. The van der Waals surface area contributed by atoms with Crippen LogP contribution in [0.3, 0.4) is 0 Å². The molecule has 1 aliphatic heterocycles. The normalized spacial score (nSPS) is 13.2. The largest absolute Gasteiger partial charge is 0.348 e. The Morgan fingerprint density at radius 3 is 2.77 bits per heavy atom. The van der Waals surface area contributed by atoms with Gasteiger partial charge in [0.1, 0.15) is 5.82 Å². The van der Waals surface area contributed by atoms with E-state index in [1.807, 2.05) is 18.2 Å². The highest BCUT2D eigenvalue weighted by molar-refractivity contribution is 8.00. The second kappa shape index (κ2) is 6.19. The molecule has 22 heavy (non-hydrogen) atoms. The van der Waals surface area contributed by atoms with Crippen molar-refractivity contribution >= 4 is 29.3 Å². The second-order valence-electron chi connectivity index (χ2n) is 4.86. The summed E-state index contributed by atoms with van der Waals surface area (Å²) in [5.74, 6) is -0.242. The fourth-order valence-electron chi connectivity index (χ4n) is 2.13. The Bertz CT molecular complexity index is 731. The van der Waals surface area contributed by atoms with Crippen molar-refractivity contribution in [3.63, 3.8) is 0 Å². The van der Waals surface area contributed by atoms with Crippen molar-refractivity contribution in [2.75, 3.05) is 11.1 Å². The molecule has 3 rings (SSSR count). The van der Waals surface area contributed by atoms with Crippen molar-refractivity contribution in [3.05, 3.63) is 59.4 Å². The summed E-state index contributed by atoms with van der Waals surface area (Å²) in [7, 11) is 0. The minimum Gasteiger partial charge on any atom is -0.348 e. The van der Waals surface area contributed by atoms with Gasteiger partial charge in [0, 0.05) is 17.0 Å². The van der Waals surface area contributed by atoms with E-state index in [9.17, 15) is 14.0 Å². The van der Waals surface area contributed by atoms with Crippen LogP contribution in [0.15, 0.2) is 47.4 Å². The lowest BCUT2D eigenvalue weighted by atomic mass is 10.1. The predicted molar refractivity (Wildman–Crippen MR) is 83.4 cm³/mol. The number of nitrogens with one attached hydrogen (secondary N) is 2. The Morgan fingerprint density at radius 1 is 1.23 bits per heavy atom. The number of hydrogen-bond acceptors (Lipinski definition) is 3. The van der Waals surface area contributed by atoms with Crippen LogP contribution in [0.25, 0.3) is 0 Å². The Balaban J connectivity index is 1.66. The molecule has 0 fully saturated rings. The van der Waals surface area contributed by atoms with E-state index in [1.165, 1.54) is 36.0 Å². The van der Waals surface area contributed by atoms with Gasteiger partial charge < -0.3 is 10.6 Å². The first-order valence-electron chi connectivity index (χ1n) is 6.71. The molecule has 4 nitrogen and oxygen atoms in total. The summed E-state index contributed by atoms with van der Waals surface area (Å²) < 4.78 is 12.8. The Kier molecular flexibility index (Phi) is 4.11. The highest BCUT2D eigenvalue weighted by Gasteiger charge is 2.15. The molecule has 0 unspecified atom stereocenters. The zero-order chi connectivity index (χ0) is 15.5. The summed E-state index contributed by atoms with van der Waals surface area (Å²) >= 11 is 1.49. The number of hydrogen-bond donors (Lipinski definition) is 2. The van der Waals surface area contributed by atoms with Crippen LogP contribution in [0.2, 0.25) is 0 Å². The lowest BCUT2D eigenvalue weighted by molar-refractivity contribution is -0.113. The molecule has 1 heterocycles. The smallest absolute Gasteiger partial charge is 0.251 e. The fraction of sp³-hybridized carbons (Fsp3) is 0.125. The zero-order valence-electron chi connectivity index (χ0n) is 11.6. The van der Waals surface area contributed by atoms with E-state index in [0.717, 1.165) is 16.1 Å². The first-order chi connectivity index (χ1) is 10.6. The van der Waals surface area contributed by atoms with Crippen molar-refractivity contribution in [1.29, 1.82) is 0 Å². The summed E-state index contributed by atoms with van der Waals surface area (Å²) in [6.45, 7) is 0.337. The van der Waals surface area contributed by atoms with Crippen LogP contribution in [0.5, 0.6) is 0 Å². The number of benzene rings is 2. The third kappa shape index (κ3) is 3.28. The first-order valence-corrected chi connectivity index (χ1v) is 7.70. The number of anilines is 1. The van der Waals surface area contributed by atoms with E-state index in [0.29, 0.717) is 17.9 Å². The molecular weight excluding hydrogens is 303 g/mol. The van der Waals surface area contributed by atoms with Crippen LogP contribution >= 0.6 is 11.8 Å². The van der Waals surface area contributed by atoms with Gasteiger partial charge in [-0.25, -0.2) is 4.39 Å². The number of thioether (sulfide) groups is 1. The molecule has 2 aromatic carbocycles. The minimum atomic E-state index is -0.375. The lowest BCUT2D eigenvalue weighted by Gasteiger charge is -2.17. The Labute approximate surface area is 131 Å². The van der Waals surface area contributed by atoms with Crippen LogP contribution in [-0.2, 0) is 11.3 Å². The van der Waals surface area contributed by atoms with E-state index in [2.05, 4.69) is 10.6 Å². The predicted octanol–water partition coefficient (Wildman–Crippen LogP) is 2.80. The Hall–Kier alpha value is -2.34. The number of carbonyl (C=O) groups excluding carboxylic acids is 2. The van der Waals surface area contributed by atoms with Crippen molar-refractivity contribution < 1.29 is 14.0 Å². The van der Waals surface area contributed by atoms with Crippen LogP contribution < -0.4 is 10.6 Å². The van der Waals surface area contributed by atoms with E-state index in [4.69, 9.17) is 0 Å². The van der Waals surface area contributed by atoms with E-state index >= 15 is 0 Å². The van der Waals surface area contributed by atoms with Gasteiger partial charge in [0.15, 0.2) is 0 Å². The number of fused-ring (bicyclic) bond motifs is 1. The molecule has 0 saturated heterocycles. The summed E-state index contributed by atoms with van der Waals surface area (Å²) in [6.07, 6.45) is 0. The van der Waals surface area contributed by atoms with Gasteiger partial charge in [0.25, 0.3) is 5.91 Å². The van der Waals surface area contributed by atoms with E-state index in [-0.39, 0.29) is 17.6 Å². The van der Waals surface area contributed by atoms with Gasteiger partial charge in [-0.3, -0.25) is 9.59 Å². The molecule has 1 aliphatic rings. The fourth-order valence-corrected chi connectivity index (χ4v) is 2.91. The molecule has 0 spiro atoms. The van der Waals surface area contributed by atoms with Gasteiger partial charge in [0.2, 0.25) is 5.91 Å². The van der Waals surface area contributed by atoms with Gasteiger partial charge in [-0.05, 0) is 42.0 Å². The van der Waals surface area contributed by atoms with Crippen molar-refractivity contribution in [3.8, 4) is 0 Å². The maximum Gasteiger partial charge on any atom is 0.251 e. The average Bonchev–Trinajstić information content (AvgIpc) is 2.53. The quantitative estimate of drug-likeness (QED) is 0.915. The average molecular weight is 316 g/mol. The molecular formula is C16H13FN2O2S. The van der Waals surface area contributed by atoms with E-state index in [1.54, 1.807) is 0 Å². The maximum absolute atomic E-state index is 12.8. The van der Waals surface area contributed by atoms with Crippen LogP contribution in [-0.4, -0.2) is 17.6 Å². The maximum atomic E-state index is 12.8. The van der Waals surface area contributed by atoms with E-state index < -0.39 is 0 Å². The molecule has 0 aromatic heterocycles. The van der Waals surface area contributed by atoms with Gasteiger partial charge in [0.05, 0.1) is 11.4 Å². The van der Waals surface area contributed by atoms with Crippen molar-refractivity contribution in [2.45, 2.75) is 11.4 Å². The molecule has 6 heteroatoms. The molecule has 0 atom stereocenters. The molecule has 0 aliphatic carbocycles. The van der Waals surface area contributed by atoms with Crippen LogP contribution in [0, 0.1) is 5.82 Å². The Morgan fingerprint density at radius 2 is 2.00 bits per heavy atom. The third-order valence-corrected chi connectivity index (χ3v) is 4.31. The monoisotopic (exact) mass is 316 g/mol. The number of carbonyl (C=O) groups is 2. The third-order valence-electron chi connectivity index (χ3n) is 3.24. The van der Waals surface area contributed by atoms with Crippen molar-refractivity contribution in [1.82, 2.24) is 5.32 Å². The van der Waals surface area contributed by atoms with Gasteiger partial charge in [-0.15, -0.1) is 11.8 Å². The summed E-state index contributed by atoms with van der Waals surface area (Å²) in [5.41, 5.74) is 2.06. The van der Waals surface area contributed by atoms with Crippen LogP contribution in [0.1, 0.15) is 15.9 Å². The molecule has 0 radical (unpaired) electrons. The molecule has 112 valence electrons. The standard InChI is InChI=1S/C16H13FN2O2S/c17-12-4-2-11(3-5-12)16(21)18-8-10-1-6-14-13(7-10)19-15(20)9-22-14/h1-7H,8-9H2,(H,18,21)(H,19,20). The van der Waals surface area contributed by atoms with Crippen LogP contribution in [0.4, 0.5) is 10.1 Å². The molecule has 2 aromatic rings. The minimum absolute atomic E-state index is 0.0232. The lowest BCUT2D eigenvalue weighted by Crippen LogP contribution is -2.23. The number of amides is 2. The van der Waals surface area contributed by atoms with Gasteiger partial charge in [-0.2, -0.15) is 0 Å². The summed E-state index contributed by atoms with van der Waals surface area (Å²) in [4.78, 5) is 24.4. The zero-order valence-corrected chi connectivity index (χ0v) is 12.4. The SMILES string of the molecule is O=C1CSc2ccc(CNC(=O)c3ccc(F)cc3)cc2N1. The van der Waals surface area contributed by atoms with Gasteiger partial charge in [-0.1, -0.05) is 6.07 Å². The summed E-state index contributed by atoms with van der Waals surface area (Å²) in [6, 6.07) is 11.1. The molecule has 0 bridgehead atoms. The number of rotatable bonds is 3. The molecule has 0 saturated carbocycles. The van der Waals surface area contributed by atoms with Gasteiger partial charge >= 0.3 is 0 Å². The highest BCUT2D eigenvalue weighted by atomic mass is 32.2. The highest BCUT2D eigenvalue weighted by Crippen LogP contribution is 2.31. The van der Waals surface area contributed by atoms with Crippen molar-refractivity contribution in [2.24, 2.45) is 0 Å². The number of halogens is 1. The topological polar surface area (TPSA) is 58.2 Å². The molecule has 2 N–H and O–H groups in total. The molecule has 2 amide bonds. The first kappa shape index (κ1) is 14.6. The summed E-state index contributed by atoms with van der Waals surface area (Å²) in [5, 5.41) is 5.58.